The van der Waals surface area contributed by atoms with Crippen molar-refractivity contribution in [2.75, 3.05) is 6.54 Å². The molecule has 3 nitrogen and oxygen atoms in total. The Morgan fingerprint density at radius 1 is 0.952 bits per heavy atom. The summed E-state index contributed by atoms with van der Waals surface area (Å²) in [7, 11) is 0. The average Bonchev–Trinajstić information content (AvgIpc) is 3.04. The van der Waals surface area contributed by atoms with Crippen LogP contribution in [0.2, 0.25) is 0 Å². The number of hydrogen-bond acceptors (Lipinski definition) is 2. The molecule has 0 saturated carbocycles. The minimum absolute atomic E-state index is 0.917. The third kappa shape index (κ3) is 3.20. The highest BCUT2D eigenvalue weighted by Gasteiger charge is 2.03. The van der Waals surface area contributed by atoms with Crippen molar-refractivity contribution in [2.24, 2.45) is 0 Å². The molecule has 0 aliphatic carbocycles. The molecule has 3 rings (SSSR count). The normalized spacial score (nSPS) is 10.7. The smallest absolute Gasteiger partial charge is 0.0645 e. The van der Waals surface area contributed by atoms with Crippen molar-refractivity contribution in [1.82, 2.24) is 15.1 Å². The number of rotatable bonds is 5. The van der Waals surface area contributed by atoms with Gasteiger partial charge < -0.3 is 5.32 Å². The molecule has 0 unspecified atom stereocenters. The zero-order valence-corrected chi connectivity index (χ0v) is 12.2. The van der Waals surface area contributed by atoms with Crippen molar-refractivity contribution in [1.29, 1.82) is 0 Å². The molecule has 0 bridgehead atoms. The van der Waals surface area contributed by atoms with Gasteiger partial charge >= 0.3 is 0 Å². The van der Waals surface area contributed by atoms with Crippen molar-refractivity contribution >= 4 is 0 Å². The van der Waals surface area contributed by atoms with Gasteiger partial charge in [0.05, 0.1) is 11.9 Å². The Morgan fingerprint density at radius 2 is 1.71 bits per heavy atom. The quantitative estimate of drug-likeness (QED) is 0.771. The van der Waals surface area contributed by atoms with Gasteiger partial charge in [-0.05, 0) is 29.8 Å². The van der Waals surface area contributed by atoms with Crippen LogP contribution in [0.4, 0.5) is 0 Å². The first kappa shape index (κ1) is 13.6. The Kier molecular flexibility index (Phi) is 4.12. The van der Waals surface area contributed by atoms with Gasteiger partial charge in [0, 0.05) is 18.3 Å². The first-order valence-corrected chi connectivity index (χ1v) is 7.27. The second-order valence-electron chi connectivity index (χ2n) is 4.99. The fourth-order valence-electron chi connectivity index (χ4n) is 2.28. The second kappa shape index (κ2) is 6.37. The molecule has 3 heteroatoms. The van der Waals surface area contributed by atoms with Crippen molar-refractivity contribution in [3.8, 4) is 16.8 Å². The number of hydrogen-bond donors (Lipinski definition) is 1. The summed E-state index contributed by atoms with van der Waals surface area (Å²) >= 11 is 0. The summed E-state index contributed by atoms with van der Waals surface area (Å²) in [6.45, 7) is 4.03. The van der Waals surface area contributed by atoms with Crippen LogP contribution in [0.3, 0.4) is 0 Å². The molecule has 1 heterocycles. The van der Waals surface area contributed by atoms with Crippen LogP contribution in [0.5, 0.6) is 0 Å². The van der Waals surface area contributed by atoms with Crippen LogP contribution >= 0.6 is 0 Å². The van der Waals surface area contributed by atoms with Crippen LogP contribution < -0.4 is 5.32 Å². The van der Waals surface area contributed by atoms with E-state index < -0.39 is 0 Å². The number of benzene rings is 2. The first-order valence-electron chi connectivity index (χ1n) is 7.27. The summed E-state index contributed by atoms with van der Waals surface area (Å²) in [5.41, 5.74) is 4.70. The molecule has 0 amide bonds. The fourth-order valence-corrected chi connectivity index (χ4v) is 2.28. The summed E-state index contributed by atoms with van der Waals surface area (Å²) in [5, 5.41) is 7.77. The number of para-hydroxylation sites is 1. The molecule has 106 valence electrons. The maximum absolute atomic E-state index is 4.44. The van der Waals surface area contributed by atoms with Gasteiger partial charge in [-0.15, -0.1) is 0 Å². The maximum Gasteiger partial charge on any atom is 0.0645 e. The Morgan fingerprint density at radius 3 is 2.43 bits per heavy atom. The molecule has 0 fully saturated rings. The molecule has 0 spiro atoms. The minimum atomic E-state index is 0.917. The van der Waals surface area contributed by atoms with E-state index in [1.54, 1.807) is 0 Å². The van der Waals surface area contributed by atoms with Crippen LogP contribution in [0.25, 0.3) is 16.8 Å². The molecular formula is C18H19N3. The van der Waals surface area contributed by atoms with Crippen LogP contribution in [0, 0.1) is 0 Å². The lowest BCUT2D eigenvalue weighted by atomic mass is 10.1. The lowest BCUT2D eigenvalue weighted by molar-refractivity contribution is 0.727. The Hall–Kier alpha value is -2.39. The van der Waals surface area contributed by atoms with E-state index in [0.29, 0.717) is 0 Å². The molecule has 3 aromatic rings. The Bertz CT molecular complexity index is 684. The molecule has 1 N–H and O–H groups in total. The predicted molar refractivity (Wildman–Crippen MR) is 86.4 cm³/mol. The fraction of sp³-hybridized carbons (Fsp3) is 0.167. The van der Waals surface area contributed by atoms with E-state index in [2.05, 4.69) is 59.9 Å². The predicted octanol–water partition coefficient (Wildman–Crippen LogP) is 3.65. The summed E-state index contributed by atoms with van der Waals surface area (Å²) in [6, 6.07) is 18.8. The van der Waals surface area contributed by atoms with Crippen molar-refractivity contribution in [2.45, 2.75) is 13.5 Å². The van der Waals surface area contributed by atoms with E-state index in [1.165, 1.54) is 11.1 Å². The largest absolute Gasteiger partial charge is 0.313 e. The highest BCUT2D eigenvalue weighted by Crippen LogP contribution is 2.20. The van der Waals surface area contributed by atoms with Crippen molar-refractivity contribution in [3.05, 3.63) is 72.6 Å². The lowest BCUT2D eigenvalue weighted by Crippen LogP contribution is -2.11. The van der Waals surface area contributed by atoms with E-state index in [9.17, 15) is 0 Å². The van der Waals surface area contributed by atoms with Gasteiger partial charge in [-0.25, -0.2) is 4.68 Å². The topological polar surface area (TPSA) is 29.9 Å². The van der Waals surface area contributed by atoms with Crippen LogP contribution in [0.15, 0.2) is 67.0 Å². The highest BCUT2D eigenvalue weighted by molar-refractivity contribution is 5.62. The average molecular weight is 277 g/mol. The molecule has 0 aliphatic rings. The molecule has 0 saturated heterocycles. The standard InChI is InChI=1S/C18H19N3/c1-2-19-12-15-8-10-16(11-9-15)17-13-20-21(14-17)18-6-4-3-5-7-18/h3-11,13-14,19H,2,12H2,1H3. The van der Waals surface area contributed by atoms with E-state index in [0.717, 1.165) is 24.3 Å². The van der Waals surface area contributed by atoms with Gasteiger partial charge in [-0.2, -0.15) is 5.10 Å². The van der Waals surface area contributed by atoms with Gasteiger partial charge in [-0.3, -0.25) is 0 Å². The van der Waals surface area contributed by atoms with E-state index in [4.69, 9.17) is 0 Å². The summed E-state index contributed by atoms with van der Waals surface area (Å²) in [5.74, 6) is 0. The molecule has 1 aromatic heterocycles. The Balaban J connectivity index is 1.80. The third-order valence-electron chi connectivity index (χ3n) is 3.47. The first-order chi connectivity index (χ1) is 10.4. The lowest BCUT2D eigenvalue weighted by Gasteiger charge is -2.03. The SMILES string of the molecule is CCNCc1ccc(-c2cnn(-c3ccccc3)c2)cc1. The molecule has 21 heavy (non-hydrogen) atoms. The van der Waals surface area contributed by atoms with E-state index in [1.807, 2.05) is 29.1 Å². The molecule has 0 aliphatic heterocycles. The van der Waals surface area contributed by atoms with Gasteiger partial charge in [-0.1, -0.05) is 49.4 Å². The maximum atomic E-state index is 4.44. The summed E-state index contributed by atoms with van der Waals surface area (Å²) < 4.78 is 1.90. The highest BCUT2D eigenvalue weighted by atomic mass is 15.3. The number of nitrogens with zero attached hydrogens (tertiary/aromatic N) is 2. The van der Waals surface area contributed by atoms with Gasteiger partial charge in [0.25, 0.3) is 0 Å². The third-order valence-corrected chi connectivity index (χ3v) is 3.47. The minimum Gasteiger partial charge on any atom is -0.313 e. The second-order valence-corrected chi connectivity index (χ2v) is 4.99. The van der Waals surface area contributed by atoms with E-state index >= 15 is 0 Å². The molecular weight excluding hydrogens is 258 g/mol. The van der Waals surface area contributed by atoms with E-state index in [-0.39, 0.29) is 0 Å². The van der Waals surface area contributed by atoms with Gasteiger partial charge in [0.15, 0.2) is 0 Å². The van der Waals surface area contributed by atoms with Crippen LogP contribution in [-0.4, -0.2) is 16.3 Å². The molecule has 0 radical (unpaired) electrons. The van der Waals surface area contributed by atoms with Gasteiger partial charge in [0.2, 0.25) is 0 Å². The Labute approximate surface area is 125 Å². The van der Waals surface area contributed by atoms with Crippen molar-refractivity contribution < 1.29 is 0 Å². The van der Waals surface area contributed by atoms with Crippen molar-refractivity contribution in [3.63, 3.8) is 0 Å². The van der Waals surface area contributed by atoms with Gasteiger partial charge in [0.1, 0.15) is 0 Å². The van der Waals surface area contributed by atoms with Crippen LogP contribution in [-0.2, 0) is 6.54 Å². The summed E-state index contributed by atoms with van der Waals surface area (Å²) in [6.07, 6.45) is 3.97. The number of aromatic nitrogens is 2. The van der Waals surface area contributed by atoms with Crippen LogP contribution in [0.1, 0.15) is 12.5 Å². The zero-order valence-electron chi connectivity index (χ0n) is 12.2. The number of nitrogens with one attached hydrogen (secondary N) is 1. The zero-order chi connectivity index (χ0) is 14.5. The monoisotopic (exact) mass is 277 g/mol. The summed E-state index contributed by atoms with van der Waals surface area (Å²) in [4.78, 5) is 0. The molecule has 0 atom stereocenters. The molecule has 2 aromatic carbocycles.